The van der Waals surface area contributed by atoms with Gasteiger partial charge in [-0.1, -0.05) is 36.4 Å². The highest BCUT2D eigenvalue weighted by Crippen LogP contribution is 2.19. The van der Waals surface area contributed by atoms with Crippen LogP contribution in [0, 0.1) is 21.3 Å². The number of carboxylic acid groups (broad SMARTS) is 2. The van der Waals surface area contributed by atoms with E-state index in [-0.39, 0.29) is 11.4 Å². The molecule has 2 N–H and O–H groups in total. The standard InChI is InChI=1S/C29H40N6O2S.C28H38N6O2S/c30-24-38-27-9-7-25(8-10-27)11-18-34-16-3-14-33-13-2-12-32(19-20-34)15-4-17-35(22-21-33)23-26-5-1-6-28(31-26)29(36)37;29-23-37-26-8-6-24(7-9-26)10-15-31-11-2-12-33-19-18-32(17-16-31)13-3-14-34(21-20-33)22-25-4-1-5-27(30-25)28(35)36/h1,5-10H,2-4,11-23H2,(H,36,37);1,4-9H,2-3,10-22H2,(H,35,36). The molecule has 0 amide bonds. The number of carboxylic acids is 2. The van der Waals surface area contributed by atoms with Gasteiger partial charge in [-0.05, 0) is 194 Å². The number of aromatic carboxylic acids is 2. The maximum atomic E-state index is 11.4. The Kier molecular flexibility index (Phi) is 24.6. The zero-order valence-corrected chi connectivity index (χ0v) is 45.5. The number of benzene rings is 2. The molecule has 4 aromatic rings. The largest absolute Gasteiger partial charge is 0.477 e. The summed E-state index contributed by atoms with van der Waals surface area (Å²) in [7, 11) is 0. The molecule has 4 unspecified atom stereocenters. The van der Waals surface area contributed by atoms with Crippen LogP contribution in [0.15, 0.2) is 94.7 Å². The van der Waals surface area contributed by atoms with Crippen LogP contribution in [0.2, 0.25) is 0 Å². The number of thioether (sulfide) groups is 2. The minimum atomic E-state index is -0.972. The van der Waals surface area contributed by atoms with Gasteiger partial charge in [0.25, 0.3) is 0 Å². The summed E-state index contributed by atoms with van der Waals surface area (Å²) in [5, 5.41) is 40.6. The number of nitrogens with zero attached hydrogens (tertiary/aromatic N) is 12. The Bertz CT molecular complexity index is 2440. The molecule has 402 valence electrons. The van der Waals surface area contributed by atoms with Gasteiger partial charge < -0.3 is 39.6 Å². The summed E-state index contributed by atoms with van der Waals surface area (Å²) in [6.07, 6.45) is 7.81. The SMILES string of the molecule is N#CSc1ccc(CCN2CCCN3CCCN(CCCN(Cc4cccc(C(=O)O)n4)CC3)CC2)cc1.N#CSc1ccc(CCN2CCCN3CCN(CCCN(Cc4cccc(C(=O)O)n4)CC3)CC2)cc1. The number of hydrogen-bond acceptors (Lipinski definition) is 16. The van der Waals surface area contributed by atoms with Gasteiger partial charge in [0.1, 0.15) is 22.2 Å². The van der Waals surface area contributed by atoms with Crippen molar-refractivity contribution in [1.29, 1.82) is 10.5 Å². The molecule has 6 heterocycles. The predicted octanol–water partition coefficient (Wildman–Crippen LogP) is 6.61. The maximum Gasteiger partial charge on any atom is 0.354 e. The first-order valence-corrected chi connectivity index (χ1v) is 28.8. The fourth-order valence-electron chi connectivity index (χ4n) is 10.5. The van der Waals surface area contributed by atoms with E-state index in [1.807, 2.05) is 24.3 Å². The molecule has 8 rings (SSSR count). The van der Waals surface area contributed by atoms with Gasteiger partial charge in [-0.3, -0.25) is 9.80 Å². The van der Waals surface area contributed by atoms with Crippen molar-refractivity contribution in [1.82, 2.24) is 49.2 Å². The molecule has 18 heteroatoms. The Morgan fingerprint density at radius 2 is 0.747 bits per heavy atom. The molecule has 4 aliphatic heterocycles. The smallest absolute Gasteiger partial charge is 0.354 e. The highest BCUT2D eigenvalue weighted by molar-refractivity contribution is 8.04. The number of fused-ring (bicyclic) bond motifs is 7. The number of pyridine rings is 2. The first kappa shape index (κ1) is 57.7. The molecule has 4 atom stereocenters. The zero-order chi connectivity index (χ0) is 52.5. The summed E-state index contributed by atoms with van der Waals surface area (Å²) in [4.78, 5) is 54.0. The van der Waals surface area contributed by atoms with Gasteiger partial charge in [-0.15, -0.1) is 0 Å². The lowest BCUT2D eigenvalue weighted by molar-refractivity contribution is 0.0679. The number of thiocyanates is 2. The van der Waals surface area contributed by atoms with Gasteiger partial charge in [0.05, 0.1) is 11.4 Å². The summed E-state index contributed by atoms with van der Waals surface area (Å²) in [5.74, 6) is -1.94. The summed E-state index contributed by atoms with van der Waals surface area (Å²) < 4.78 is 0. The van der Waals surface area contributed by atoms with E-state index in [0.717, 1.165) is 191 Å². The molecule has 2 aromatic heterocycles. The van der Waals surface area contributed by atoms with Crippen LogP contribution >= 0.6 is 23.5 Å². The molecule has 0 aliphatic carbocycles. The quantitative estimate of drug-likeness (QED) is 0.102. The summed E-state index contributed by atoms with van der Waals surface area (Å²) in [5.41, 5.74) is 4.56. The molecule has 16 nitrogen and oxygen atoms in total. The zero-order valence-electron chi connectivity index (χ0n) is 43.9. The van der Waals surface area contributed by atoms with Crippen molar-refractivity contribution in [2.45, 2.75) is 67.8 Å². The Labute approximate surface area is 454 Å². The minimum Gasteiger partial charge on any atom is -0.477 e. The van der Waals surface area contributed by atoms with E-state index < -0.39 is 11.9 Å². The van der Waals surface area contributed by atoms with E-state index >= 15 is 0 Å². The first-order chi connectivity index (χ1) is 36.7. The number of hydrogen-bond donors (Lipinski definition) is 2. The topological polar surface area (TPSA) is 174 Å². The van der Waals surface area contributed by atoms with Gasteiger partial charge >= 0.3 is 11.9 Å². The lowest BCUT2D eigenvalue weighted by atomic mass is 10.1. The maximum absolute atomic E-state index is 11.4. The molecule has 75 heavy (non-hydrogen) atoms. The average molecular weight is 1060 g/mol. The minimum absolute atomic E-state index is 0.119. The fourth-order valence-corrected chi connectivity index (χ4v) is 11.3. The molecule has 4 fully saturated rings. The Balaban J connectivity index is 0.000000219. The second-order valence-electron chi connectivity index (χ2n) is 20.2. The van der Waals surface area contributed by atoms with Gasteiger partial charge in [-0.2, -0.15) is 10.5 Å². The van der Waals surface area contributed by atoms with Gasteiger partial charge in [0.2, 0.25) is 0 Å². The molecule has 0 radical (unpaired) electrons. The second-order valence-corrected chi connectivity index (χ2v) is 21.9. The Morgan fingerprint density at radius 1 is 0.427 bits per heavy atom. The van der Waals surface area contributed by atoms with Crippen LogP contribution in [0.25, 0.3) is 0 Å². The lowest BCUT2D eigenvalue weighted by Gasteiger charge is -2.35. The molecule has 4 bridgehead atoms. The van der Waals surface area contributed by atoms with Crippen LogP contribution in [0.4, 0.5) is 0 Å². The lowest BCUT2D eigenvalue weighted by Crippen LogP contribution is -2.47. The molecule has 0 saturated carbocycles. The molecule has 4 aliphatic rings. The highest BCUT2D eigenvalue weighted by atomic mass is 32.2. The van der Waals surface area contributed by atoms with Crippen LogP contribution in [0.5, 0.6) is 0 Å². The fraction of sp³-hybridized carbons (Fsp3) is 0.544. The van der Waals surface area contributed by atoms with E-state index in [9.17, 15) is 19.8 Å². The third kappa shape index (κ3) is 20.8. The van der Waals surface area contributed by atoms with Crippen molar-refractivity contribution in [3.05, 3.63) is 119 Å². The van der Waals surface area contributed by atoms with Crippen molar-refractivity contribution in [3.63, 3.8) is 0 Å². The number of nitriles is 2. The van der Waals surface area contributed by atoms with Gasteiger partial charge in [-0.25, -0.2) is 19.6 Å². The van der Waals surface area contributed by atoms with E-state index in [1.54, 1.807) is 24.3 Å². The van der Waals surface area contributed by atoms with E-state index in [0.29, 0.717) is 13.1 Å². The number of aromatic nitrogens is 2. The van der Waals surface area contributed by atoms with Crippen molar-refractivity contribution < 1.29 is 19.8 Å². The summed E-state index contributed by atoms with van der Waals surface area (Å²) in [6, 6.07) is 27.4. The third-order valence-corrected chi connectivity index (χ3v) is 16.0. The first-order valence-electron chi connectivity index (χ1n) is 27.1. The van der Waals surface area contributed by atoms with Gasteiger partial charge in [0, 0.05) is 101 Å². The molecule has 0 spiro atoms. The molecular weight excluding hydrogens is 981 g/mol. The second kappa shape index (κ2) is 31.9. The Hall–Kier alpha value is -4.96. The van der Waals surface area contributed by atoms with Crippen LogP contribution in [-0.2, 0) is 25.9 Å². The normalized spacial score (nSPS) is 22.3. The van der Waals surface area contributed by atoms with E-state index in [1.165, 1.54) is 53.9 Å². The van der Waals surface area contributed by atoms with Crippen molar-refractivity contribution >= 4 is 35.5 Å². The third-order valence-electron chi connectivity index (χ3n) is 14.8. The molecule has 2 aromatic carbocycles. The highest BCUT2D eigenvalue weighted by Gasteiger charge is 2.21. The van der Waals surface area contributed by atoms with E-state index in [4.69, 9.17) is 10.5 Å². The molecular formula is C57H78N12O4S2. The number of carbonyl (C=O) groups is 2. The summed E-state index contributed by atoms with van der Waals surface area (Å²) in [6.45, 7) is 25.0. The Morgan fingerprint density at radius 3 is 1.11 bits per heavy atom. The van der Waals surface area contributed by atoms with Gasteiger partial charge in [0.15, 0.2) is 0 Å². The van der Waals surface area contributed by atoms with Crippen LogP contribution in [0.1, 0.15) is 75.6 Å². The number of rotatable bonds is 14. The van der Waals surface area contributed by atoms with Crippen molar-refractivity contribution in [2.24, 2.45) is 0 Å². The summed E-state index contributed by atoms with van der Waals surface area (Å²) >= 11 is 2.43. The molecule has 4 saturated heterocycles. The monoisotopic (exact) mass is 1060 g/mol. The van der Waals surface area contributed by atoms with Crippen LogP contribution < -0.4 is 0 Å². The van der Waals surface area contributed by atoms with Crippen LogP contribution in [0.3, 0.4) is 0 Å². The van der Waals surface area contributed by atoms with E-state index in [2.05, 4.69) is 96.4 Å². The van der Waals surface area contributed by atoms with Crippen LogP contribution in [-0.4, -0.2) is 215 Å². The van der Waals surface area contributed by atoms with Crippen molar-refractivity contribution in [2.75, 3.05) is 144 Å². The average Bonchev–Trinajstić information content (AvgIpc) is 3.49. The predicted molar refractivity (Wildman–Crippen MR) is 298 cm³/mol. The van der Waals surface area contributed by atoms with Crippen molar-refractivity contribution in [3.8, 4) is 10.8 Å².